The molecular formula is C18H19N3O4S. The third-order valence-electron chi connectivity index (χ3n) is 4.07. The lowest BCUT2D eigenvalue weighted by molar-refractivity contribution is 0.0955. The molecule has 136 valence electrons. The molecule has 0 spiro atoms. The molecule has 3 rings (SSSR count). The van der Waals surface area contributed by atoms with E-state index in [0.29, 0.717) is 18.7 Å². The molecule has 1 heterocycles. The van der Waals surface area contributed by atoms with Crippen molar-refractivity contribution in [3.8, 4) is 5.75 Å². The Labute approximate surface area is 152 Å². The number of hydrazone groups is 1. The molecule has 1 aliphatic rings. The highest BCUT2D eigenvalue weighted by atomic mass is 32.2. The van der Waals surface area contributed by atoms with Gasteiger partial charge in [-0.3, -0.25) is 4.79 Å². The second-order valence-corrected chi connectivity index (χ2v) is 7.87. The Kier molecular flexibility index (Phi) is 5.34. The summed E-state index contributed by atoms with van der Waals surface area (Å²) in [6.07, 6.45) is 3.14. The Hall–Kier alpha value is -2.71. The summed E-state index contributed by atoms with van der Waals surface area (Å²) in [5.74, 6) is -0.360. The summed E-state index contributed by atoms with van der Waals surface area (Å²) in [5, 5.41) is 13.1. The van der Waals surface area contributed by atoms with E-state index in [1.54, 1.807) is 18.2 Å². The van der Waals surface area contributed by atoms with Crippen LogP contribution < -0.4 is 5.43 Å². The first-order valence-electron chi connectivity index (χ1n) is 8.19. The van der Waals surface area contributed by atoms with Crippen molar-refractivity contribution in [3.63, 3.8) is 0 Å². The first-order valence-corrected chi connectivity index (χ1v) is 9.63. The summed E-state index contributed by atoms with van der Waals surface area (Å²) < 4.78 is 26.6. The molecule has 1 saturated heterocycles. The second-order valence-electron chi connectivity index (χ2n) is 5.93. The van der Waals surface area contributed by atoms with Crippen LogP contribution in [0.15, 0.2) is 58.5 Å². The van der Waals surface area contributed by atoms with Gasteiger partial charge in [-0.1, -0.05) is 6.07 Å². The Morgan fingerprint density at radius 3 is 2.50 bits per heavy atom. The average Bonchev–Trinajstić information content (AvgIpc) is 3.19. The highest BCUT2D eigenvalue weighted by Gasteiger charge is 2.27. The predicted molar refractivity (Wildman–Crippen MR) is 97.6 cm³/mol. The van der Waals surface area contributed by atoms with Crippen molar-refractivity contribution in [3.05, 3.63) is 59.7 Å². The third-order valence-corrected chi connectivity index (χ3v) is 5.97. The van der Waals surface area contributed by atoms with Gasteiger partial charge in [-0.2, -0.15) is 9.41 Å². The number of sulfonamides is 1. The fraction of sp³-hybridized carbons (Fsp3) is 0.222. The van der Waals surface area contributed by atoms with Crippen LogP contribution in [-0.4, -0.2) is 43.0 Å². The number of nitrogens with one attached hydrogen (secondary N) is 1. The molecule has 0 unspecified atom stereocenters. The van der Waals surface area contributed by atoms with Gasteiger partial charge >= 0.3 is 0 Å². The van der Waals surface area contributed by atoms with Gasteiger partial charge in [0.25, 0.3) is 5.91 Å². The molecule has 0 aliphatic carbocycles. The molecule has 1 fully saturated rings. The zero-order valence-electron chi connectivity index (χ0n) is 14.0. The summed E-state index contributed by atoms with van der Waals surface area (Å²) in [6.45, 7) is 1.02. The molecule has 0 aromatic heterocycles. The van der Waals surface area contributed by atoms with Crippen LogP contribution in [0.3, 0.4) is 0 Å². The zero-order chi connectivity index (χ0) is 18.6. The SMILES string of the molecule is O=C(NN=Cc1ccc(O)cc1)c1cccc(S(=O)(=O)N2CCCC2)c1. The number of nitrogens with zero attached hydrogens (tertiary/aromatic N) is 2. The molecule has 2 N–H and O–H groups in total. The number of phenolic OH excluding ortho intramolecular Hbond substituents is 1. The maximum Gasteiger partial charge on any atom is 0.271 e. The van der Waals surface area contributed by atoms with Gasteiger partial charge in [0.15, 0.2) is 0 Å². The number of carbonyl (C=O) groups excluding carboxylic acids is 1. The summed E-state index contributed by atoms with van der Waals surface area (Å²) >= 11 is 0. The van der Waals surface area contributed by atoms with Crippen molar-refractivity contribution in [2.24, 2.45) is 5.10 Å². The van der Waals surface area contributed by atoms with E-state index in [0.717, 1.165) is 12.8 Å². The lowest BCUT2D eigenvalue weighted by Crippen LogP contribution is -2.28. The van der Waals surface area contributed by atoms with Crippen molar-refractivity contribution in [1.29, 1.82) is 0 Å². The predicted octanol–water partition coefficient (Wildman–Crippen LogP) is 1.94. The first-order chi connectivity index (χ1) is 12.5. The van der Waals surface area contributed by atoms with Gasteiger partial charge in [-0.05, 0) is 60.9 Å². The van der Waals surface area contributed by atoms with Gasteiger partial charge in [0.2, 0.25) is 10.0 Å². The van der Waals surface area contributed by atoms with Crippen molar-refractivity contribution in [2.45, 2.75) is 17.7 Å². The Bertz CT molecular complexity index is 918. The van der Waals surface area contributed by atoms with Gasteiger partial charge in [0.1, 0.15) is 5.75 Å². The van der Waals surface area contributed by atoms with Crippen LogP contribution in [0, 0.1) is 0 Å². The average molecular weight is 373 g/mol. The fourth-order valence-electron chi connectivity index (χ4n) is 2.67. The second kappa shape index (κ2) is 7.67. The molecule has 0 saturated carbocycles. The number of amides is 1. The summed E-state index contributed by atoms with van der Waals surface area (Å²) in [5.41, 5.74) is 3.29. The van der Waals surface area contributed by atoms with Gasteiger partial charge in [-0.25, -0.2) is 13.8 Å². The molecular weight excluding hydrogens is 354 g/mol. The zero-order valence-corrected chi connectivity index (χ0v) is 14.8. The summed E-state index contributed by atoms with van der Waals surface area (Å²) in [6, 6.07) is 12.2. The molecule has 0 bridgehead atoms. The first kappa shape index (κ1) is 18.1. The molecule has 0 atom stereocenters. The smallest absolute Gasteiger partial charge is 0.271 e. The van der Waals surface area contributed by atoms with Crippen molar-refractivity contribution in [1.82, 2.24) is 9.73 Å². The van der Waals surface area contributed by atoms with E-state index in [9.17, 15) is 18.3 Å². The maximum absolute atomic E-state index is 12.6. The van der Waals surface area contributed by atoms with Crippen LogP contribution in [0.4, 0.5) is 0 Å². The van der Waals surface area contributed by atoms with Crippen LogP contribution in [0.1, 0.15) is 28.8 Å². The van der Waals surface area contributed by atoms with Crippen molar-refractivity contribution < 1.29 is 18.3 Å². The largest absolute Gasteiger partial charge is 0.508 e. The molecule has 26 heavy (non-hydrogen) atoms. The van der Waals surface area contributed by atoms with E-state index < -0.39 is 15.9 Å². The molecule has 8 heteroatoms. The number of hydrogen-bond donors (Lipinski definition) is 2. The normalized spacial score (nSPS) is 15.4. The third kappa shape index (κ3) is 4.09. The minimum atomic E-state index is -3.57. The van der Waals surface area contributed by atoms with Gasteiger partial charge in [-0.15, -0.1) is 0 Å². The highest BCUT2D eigenvalue weighted by molar-refractivity contribution is 7.89. The molecule has 1 amide bonds. The number of aromatic hydroxyl groups is 1. The number of rotatable bonds is 5. The Balaban J connectivity index is 1.71. The van der Waals surface area contributed by atoms with E-state index in [2.05, 4.69) is 10.5 Å². The minimum absolute atomic E-state index is 0.106. The monoisotopic (exact) mass is 373 g/mol. The molecule has 2 aromatic rings. The van der Waals surface area contributed by atoms with E-state index in [1.807, 2.05) is 0 Å². The van der Waals surface area contributed by atoms with Crippen LogP contribution in [0.2, 0.25) is 0 Å². The maximum atomic E-state index is 12.6. The molecule has 7 nitrogen and oxygen atoms in total. The fourth-order valence-corrected chi connectivity index (χ4v) is 4.23. The lowest BCUT2D eigenvalue weighted by atomic mass is 10.2. The molecule has 0 radical (unpaired) electrons. The standard InChI is InChI=1S/C18H19N3O4S/c22-16-8-6-14(7-9-16)13-19-20-18(23)15-4-3-5-17(12-15)26(24,25)21-10-1-2-11-21/h3-9,12-13,22H,1-2,10-11H2,(H,20,23). The minimum Gasteiger partial charge on any atom is -0.508 e. The summed E-state index contributed by atoms with van der Waals surface area (Å²) in [4.78, 5) is 12.3. The number of benzene rings is 2. The number of hydrogen-bond acceptors (Lipinski definition) is 5. The summed E-state index contributed by atoms with van der Waals surface area (Å²) in [7, 11) is -3.57. The molecule has 2 aromatic carbocycles. The number of phenols is 1. The van der Waals surface area contributed by atoms with E-state index in [1.165, 1.54) is 40.9 Å². The van der Waals surface area contributed by atoms with Gasteiger partial charge in [0.05, 0.1) is 11.1 Å². The van der Waals surface area contributed by atoms with E-state index in [-0.39, 0.29) is 16.2 Å². The van der Waals surface area contributed by atoms with E-state index >= 15 is 0 Å². The Morgan fingerprint density at radius 2 is 1.81 bits per heavy atom. The van der Waals surface area contributed by atoms with Crippen LogP contribution >= 0.6 is 0 Å². The quantitative estimate of drug-likeness (QED) is 0.618. The van der Waals surface area contributed by atoms with Crippen molar-refractivity contribution >= 4 is 22.1 Å². The van der Waals surface area contributed by atoms with Crippen LogP contribution in [0.25, 0.3) is 0 Å². The highest BCUT2D eigenvalue weighted by Crippen LogP contribution is 2.21. The van der Waals surface area contributed by atoms with Crippen LogP contribution in [0.5, 0.6) is 5.75 Å². The number of carbonyl (C=O) groups is 1. The Morgan fingerprint density at radius 1 is 1.12 bits per heavy atom. The van der Waals surface area contributed by atoms with Crippen LogP contribution in [-0.2, 0) is 10.0 Å². The lowest BCUT2D eigenvalue weighted by Gasteiger charge is -2.15. The topological polar surface area (TPSA) is 99.1 Å². The van der Waals surface area contributed by atoms with Gasteiger partial charge < -0.3 is 5.11 Å². The van der Waals surface area contributed by atoms with Crippen molar-refractivity contribution in [2.75, 3.05) is 13.1 Å². The van der Waals surface area contributed by atoms with Gasteiger partial charge in [0, 0.05) is 18.7 Å². The molecule has 1 aliphatic heterocycles. The van der Waals surface area contributed by atoms with E-state index in [4.69, 9.17) is 0 Å².